The van der Waals surface area contributed by atoms with Gasteiger partial charge in [-0.3, -0.25) is 9.59 Å². The number of halogens is 1. The van der Waals surface area contributed by atoms with Crippen molar-refractivity contribution in [3.63, 3.8) is 0 Å². The van der Waals surface area contributed by atoms with E-state index < -0.39 is 0 Å². The van der Waals surface area contributed by atoms with Crippen molar-refractivity contribution in [2.75, 3.05) is 6.54 Å². The first kappa shape index (κ1) is 22.5. The summed E-state index contributed by atoms with van der Waals surface area (Å²) >= 11 is 0. The van der Waals surface area contributed by atoms with Crippen molar-refractivity contribution in [1.82, 2.24) is 10.6 Å². The Hall–Kier alpha value is -1.59. The van der Waals surface area contributed by atoms with E-state index in [-0.39, 0.29) is 36.2 Å². The quantitative estimate of drug-likeness (QED) is 0.614. The predicted molar refractivity (Wildman–Crippen MR) is 107 cm³/mol. The van der Waals surface area contributed by atoms with Crippen LogP contribution in [0.5, 0.6) is 0 Å². The number of amides is 2. The number of unbranched alkanes of at least 4 members (excludes halogenated alkanes) is 1. The second-order valence-electron chi connectivity index (χ2n) is 6.94. The molecule has 0 bridgehead atoms. The number of benzene rings is 1. The van der Waals surface area contributed by atoms with E-state index in [0.29, 0.717) is 18.7 Å². The molecule has 1 aliphatic carbocycles. The molecule has 1 aromatic carbocycles. The summed E-state index contributed by atoms with van der Waals surface area (Å²) in [5, 5.41) is 5.99. The SMILES string of the molecule is CCCCC(CN)NC(=O)c1ccc(CNC(=O)C2CCCC2)cc1.Cl. The second-order valence-corrected chi connectivity index (χ2v) is 6.94. The highest BCUT2D eigenvalue weighted by molar-refractivity contribution is 5.94. The third-order valence-corrected chi connectivity index (χ3v) is 4.93. The number of carbonyl (C=O) groups is 2. The van der Waals surface area contributed by atoms with Gasteiger partial charge in [0.1, 0.15) is 0 Å². The molecule has 0 heterocycles. The summed E-state index contributed by atoms with van der Waals surface area (Å²) in [5.74, 6) is 0.246. The summed E-state index contributed by atoms with van der Waals surface area (Å²) in [6.45, 7) is 3.09. The molecule has 4 N–H and O–H groups in total. The molecule has 146 valence electrons. The van der Waals surface area contributed by atoms with Crippen LogP contribution in [0, 0.1) is 5.92 Å². The smallest absolute Gasteiger partial charge is 0.251 e. The van der Waals surface area contributed by atoms with Crippen molar-refractivity contribution < 1.29 is 9.59 Å². The van der Waals surface area contributed by atoms with Gasteiger partial charge in [0.05, 0.1) is 0 Å². The third kappa shape index (κ3) is 6.96. The topological polar surface area (TPSA) is 84.2 Å². The molecule has 1 unspecified atom stereocenters. The fourth-order valence-electron chi connectivity index (χ4n) is 3.26. The van der Waals surface area contributed by atoms with Gasteiger partial charge >= 0.3 is 0 Å². The average molecular weight is 382 g/mol. The van der Waals surface area contributed by atoms with Gasteiger partial charge in [-0.1, -0.05) is 44.7 Å². The maximum Gasteiger partial charge on any atom is 0.251 e. The van der Waals surface area contributed by atoms with E-state index in [0.717, 1.165) is 50.5 Å². The lowest BCUT2D eigenvalue weighted by Crippen LogP contribution is -2.40. The van der Waals surface area contributed by atoms with Gasteiger partial charge in [-0.15, -0.1) is 12.4 Å². The van der Waals surface area contributed by atoms with Crippen LogP contribution in [-0.2, 0) is 11.3 Å². The molecule has 0 aromatic heterocycles. The first-order valence-electron chi connectivity index (χ1n) is 9.51. The van der Waals surface area contributed by atoms with Gasteiger partial charge < -0.3 is 16.4 Å². The van der Waals surface area contributed by atoms with E-state index in [1.54, 1.807) is 12.1 Å². The number of rotatable bonds is 9. The molecular formula is C20H32ClN3O2. The molecule has 0 aliphatic heterocycles. The molecule has 6 heteroatoms. The van der Waals surface area contributed by atoms with Gasteiger partial charge in [0.2, 0.25) is 5.91 Å². The summed E-state index contributed by atoms with van der Waals surface area (Å²) in [6.07, 6.45) is 7.38. The standard InChI is InChI=1S/C20H31N3O2.ClH/c1-2-3-8-18(13-21)23-20(25)17-11-9-15(10-12-17)14-22-19(24)16-6-4-5-7-16;/h9-12,16,18H,2-8,13-14,21H2,1H3,(H,22,24)(H,23,25);1H. The normalized spacial score (nSPS) is 15.2. The van der Waals surface area contributed by atoms with Crippen LogP contribution in [0.3, 0.4) is 0 Å². The minimum absolute atomic E-state index is 0. The van der Waals surface area contributed by atoms with Crippen LogP contribution in [0.15, 0.2) is 24.3 Å². The molecule has 1 aliphatic rings. The van der Waals surface area contributed by atoms with E-state index >= 15 is 0 Å². The molecule has 1 saturated carbocycles. The molecule has 26 heavy (non-hydrogen) atoms. The first-order valence-corrected chi connectivity index (χ1v) is 9.51. The van der Waals surface area contributed by atoms with E-state index in [9.17, 15) is 9.59 Å². The van der Waals surface area contributed by atoms with Crippen LogP contribution in [0.25, 0.3) is 0 Å². The molecule has 5 nitrogen and oxygen atoms in total. The maximum atomic E-state index is 12.3. The van der Waals surface area contributed by atoms with Crippen molar-refractivity contribution >= 4 is 24.2 Å². The second kappa shape index (κ2) is 11.9. The predicted octanol–water partition coefficient (Wildman–Crippen LogP) is 3.16. The largest absolute Gasteiger partial charge is 0.352 e. The summed E-state index contributed by atoms with van der Waals surface area (Å²) in [7, 11) is 0. The van der Waals surface area contributed by atoms with E-state index in [1.807, 2.05) is 12.1 Å². The Bertz CT molecular complexity index is 557. The van der Waals surface area contributed by atoms with Crippen molar-refractivity contribution in [1.29, 1.82) is 0 Å². The number of carbonyl (C=O) groups excluding carboxylic acids is 2. The highest BCUT2D eigenvalue weighted by Crippen LogP contribution is 2.24. The zero-order valence-corrected chi connectivity index (χ0v) is 16.4. The first-order chi connectivity index (χ1) is 12.1. The van der Waals surface area contributed by atoms with Crippen LogP contribution in [0.2, 0.25) is 0 Å². The van der Waals surface area contributed by atoms with E-state index in [4.69, 9.17) is 5.73 Å². The lowest BCUT2D eigenvalue weighted by atomic mass is 10.1. The molecule has 0 spiro atoms. The van der Waals surface area contributed by atoms with Crippen molar-refractivity contribution in [2.24, 2.45) is 11.7 Å². The Morgan fingerprint density at radius 3 is 2.42 bits per heavy atom. The van der Waals surface area contributed by atoms with Gasteiger partial charge in [0.25, 0.3) is 5.91 Å². The Morgan fingerprint density at radius 2 is 1.85 bits per heavy atom. The third-order valence-electron chi connectivity index (χ3n) is 4.93. The fraction of sp³-hybridized carbons (Fsp3) is 0.600. The molecule has 0 radical (unpaired) electrons. The van der Waals surface area contributed by atoms with Crippen LogP contribution in [0.1, 0.15) is 67.8 Å². The number of nitrogens with two attached hydrogens (primary N) is 1. The summed E-state index contributed by atoms with van der Waals surface area (Å²) in [6, 6.07) is 7.43. The number of hydrogen-bond donors (Lipinski definition) is 3. The lowest BCUT2D eigenvalue weighted by molar-refractivity contribution is -0.124. The summed E-state index contributed by atoms with van der Waals surface area (Å²) in [5.41, 5.74) is 7.36. The van der Waals surface area contributed by atoms with E-state index in [1.165, 1.54) is 0 Å². The Kier molecular flexibility index (Phi) is 10.3. The van der Waals surface area contributed by atoms with Gasteiger partial charge in [0.15, 0.2) is 0 Å². The zero-order valence-electron chi connectivity index (χ0n) is 15.6. The molecule has 1 atom stereocenters. The zero-order chi connectivity index (χ0) is 18.1. The Morgan fingerprint density at radius 1 is 1.19 bits per heavy atom. The average Bonchev–Trinajstić information content (AvgIpc) is 3.18. The number of hydrogen-bond acceptors (Lipinski definition) is 3. The van der Waals surface area contributed by atoms with Crippen LogP contribution in [-0.4, -0.2) is 24.4 Å². The van der Waals surface area contributed by atoms with Crippen molar-refractivity contribution in [2.45, 2.75) is 64.5 Å². The highest BCUT2D eigenvalue weighted by atomic mass is 35.5. The molecule has 1 aromatic rings. The number of nitrogens with one attached hydrogen (secondary N) is 2. The molecule has 2 rings (SSSR count). The van der Waals surface area contributed by atoms with Crippen molar-refractivity contribution in [3.8, 4) is 0 Å². The van der Waals surface area contributed by atoms with Gasteiger partial charge in [0, 0.05) is 30.6 Å². The fourth-order valence-corrected chi connectivity index (χ4v) is 3.26. The summed E-state index contributed by atoms with van der Waals surface area (Å²) in [4.78, 5) is 24.3. The van der Waals surface area contributed by atoms with Crippen LogP contribution < -0.4 is 16.4 Å². The summed E-state index contributed by atoms with van der Waals surface area (Å²) < 4.78 is 0. The van der Waals surface area contributed by atoms with Crippen LogP contribution >= 0.6 is 12.4 Å². The minimum atomic E-state index is -0.0897. The van der Waals surface area contributed by atoms with Gasteiger partial charge in [-0.25, -0.2) is 0 Å². The van der Waals surface area contributed by atoms with E-state index in [2.05, 4.69) is 17.6 Å². The lowest BCUT2D eigenvalue weighted by Gasteiger charge is -2.16. The maximum absolute atomic E-state index is 12.3. The Labute approximate surface area is 162 Å². The Balaban J connectivity index is 0.00000338. The van der Waals surface area contributed by atoms with Crippen molar-refractivity contribution in [3.05, 3.63) is 35.4 Å². The minimum Gasteiger partial charge on any atom is -0.352 e. The molecular weight excluding hydrogens is 350 g/mol. The molecule has 1 fully saturated rings. The van der Waals surface area contributed by atoms with Gasteiger partial charge in [-0.05, 0) is 37.0 Å². The monoisotopic (exact) mass is 381 g/mol. The highest BCUT2D eigenvalue weighted by Gasteiger charge is 2.22. The molecule has 2 amide bonds. The van der Waals surface area contributed by atoms with Crippen LogP contribution in [0.4, 0.5) is 0 Å². The molecule has 0 saturated heterocycles. The van der Waals surface area contributed by atoms with Gasteiger partial charge in [-0.2, -0.15) is 0 Å².